The SMILES string of the molecule is CCNC(=O)[C@H](CC)N(Cc1ccc(C)cc1)C(=O)CCCN(C)S(=O)(=O)c1ccccc1. The summed E-state index contributed by atoms with van der Waals surface area (Å²) in [6.45, 7) is 6.75. The van der Waals surface area contributed by atoms with Gasteiger partial charge in [0.1, 0.15) is 6.04 Å². The highest BCUT2D eigenvalue weighted by Crippen LogP contribution is 2.17. The number of amides is 2. The fourth-order valence-corrected chi connectivity index (χ4v) is 4.82. The van der Waals surface area contributed by atoms with Crippen molar-refractivity contribution in [2.24, 2.45) is 0 Å². The molecule has 180 valence electrons. The second-order valence-corrected chi connectivity index (χ2v) is 10.1. The summed E-state index contributed by atoms with van der Waals surface area (Å²) in [5.74, 6) is -0.344. The van der Waals surface area contributed by atoms with Gasteiger partial charge in [-0.3, -0.25) is 9.59 Å². The topological polar surface area (TPSA) is 86.8 Å². The van der Waals surface area contributed by atoms with E-state index >= 15 is 0 Å². The number of carbonyl (C=O) groups is 2. The van der Waals surface area contributed by atoms with Crippen LogP contribution in [0.25, 0.3) is 0 Å². The molecule has 0 fully saturated rings. The van der Waals surface area contributed by atoms with Gasteiger partial charge in [-0.2, -0.15) is 0 Å². The van der Waals surface area contributed by atoms with Crippen LogP contribution < -0.4 is 5.32 Å². The molecule has 2 aromatic rings. The maximum Gasteiger partial charge on any atom is 0.242 e. The Morgan fingerprint density at radius 2 is 1.64 bits per heavy atom. The number of hydrogen-bond acceptors (Lipinski definition) is 4. The van der Waals surface area contributed by atoms with E-state index in [0.717, 1.165) is 11.1 Å². The van der Waals surface area contributed by atoms with Crippen LogP contribution in [0.1, 0.15) is 44.2 Å². The number of nitrogens with one attached hydrogen (secondary N) is 1. The molecular weight excluding hydrogens is 438 g/mol. The van der Waals surface area contributed by atoms with Gasteiger partial charge in [-0.15, -0.1) is 0 Å². The van der Waals surface area contributed by atoms with E-state index in [9.17, 15) is 18.0 Å². The summed E-state index contributed by atoms with van der Waals surface area (Å²) < 4.78 is 26.7. The van der Waals surface area contributed by atoms with Crippen molar-refractivity contribution in [2.45, 2.75) is 57.5 Å². The Labute approximate surface area is 197 Å². The Balaban J connectivity index is 2.10. The van der Waals surface area contributed by atoms with Crippen molar-refractivity contribution in [3.8, 4) is 0 Å². The molecule has 1 atom stereocenters. The number of likely N-dealkylation sites (N-methyl/N-ethyl adjacent to an activating group) is 1. The maximum absolute atomic E-state index is 13.2. The standard InChI is InChI=1S/C25H35N3O4S/c1-5-23(25(30)26-6-2)28(19-21-16-14-20(3)15-17-21)24(29)13-10-18-27(4)33(31,32)22-11-8-7-9-12-22/h7-9,11-12,14-17,23H,5-6,10,13,18-19H2,1-4H3,(H,26,30)/t23-/m0/s1. The number of carbonyl (C=O) groups excluding carboxylic acids is 2. The molecule has 0 radical (unpaired) electrons. The normalized spacial score (nSPS) is 12.4. The Morgan fingerprint density at radius 1 is 1.00 bits per heavy atom. The van der Waals surface area contributed by atoms with E-state index in [1.807, 2.05) is 45.0 Å². The molecule has 2 amide bonds. The molecular formula is C25H35N3O4S. The Hall–Kier alpha value is -2.71. The summed E-state index contributed by atoms with van der Waals surface area (Å²) in [5, 5.41) is 2.82. The summed E-state index contributed by atoms with van der Waals surface area (Å²) in [7, 11) is -2.09. The van der Waals surface area contributed by atoms with Crippen molar-refractivity contribution in [3.63, 3.8) is 0 Å². The van der Waals surface area contributed by atoms with E-state index in [1.165, 1.54) is 11.4 Å². The van der Waals surface area contributed by atoms with Gasteiger partial charge in [-0.1, -0.05) is 55.0 Å². The van der Waals surface area contributed by atoms with Gasteiger partial charge in [0, 0.05) is 33.1 Å². The lowest BCUT2D eigenvalue weighted by molar-refractivity contribution is -0.141. The molecule has 1 N–H and O–H groups in total. The Kier molecular flexibility index (Phi) is 10.1. The lowest BCUT2D eigenvalue weighted by atomic mass is 10.1. The highest BCUT2D eigenvalue weighted by atomic mass is 32.2. The molecule has 0 bridgehead atoms. The number of nitrogens with zero attached hydrogens (tertiary/aromatic N) is 2. The van der Waals surface area contributed by atoms with Crippen LogP contribution in [0.5, 0.6) is 0 Å². The quantitative estimate of drug-likeness (QED) is 0.512. The van der Waals surface area contributed by atoms with E-state index in [0.29, 0.717) is 25.9 Å². The van der Waals surface area contributed by atoms with Gasteiger partial charge >= 0.3 is 0 Å². The number of sulfonamides is 1. The predicted molar refractivity (Wildman–Crippen MR) is 130 cm³/mol. The Morgan fingerprint density at radius 3 is 2.21 bits per heavy atom. The fraction of sp³-hybridized carbons (Fsp3) is 0.440. The average molecular weight is 474 g/mol. The van der Waals surface area contributed by atoms with Crippen molar-refractivity contribution < 1.29 is 18.0 Å². The minimum absolute atomic E-state index is 0.149. The molecule has 0 heterocycles. The molecule has 8 heteroatoms. The molecule has 7 nitrogen and oxygen atoms in total. The molecule has 0 saturated carbocycles. The lowest BCUT2D eigenvalue weighted by Crippen LogP contribution is -2.49. The maximum atomic E-state index is 13.2. The van der Waals surface area contributed by atoms with Gasteiger partial charge in [0.05, 0.1) is 4.90 Å². The zero-order valence-corrected chi connectivity index (χ0v) is 20.8. The second kappa shape index (κ2) is 12.5. The van der Waals surface area contributed by atoms with E-state index in [2.05, 4.69) is 5.32 Å². The minimum atomic E-state index is -3.61. The molecule has 0 spiro atoms. The van der Waals surface area contributed by atoms with Crippen molar-refractivity contribution in [1.29, 1.82) is 0 Å². The van der Waals surface area contributed by atoms with E-state index in [-0.39, 0.29) is 29.7 Å². The summed E-state index contributed by atoms with van der Waals surface area (Å²) in [6.07, 6.45) is 1.000. The molecule has 0 aliphatic rings. The van der Waals surface area contributed by atoms with Gasteiger partial charge in [0.25, 0.3) is 0 Å². The third-order valence-electron chi connectivity index (χ3n) is 5.53. The first kappa shape index (κ1) is 26.5. The van der Waals surface area contributed by atoms with Gasteiger partial charge in [-0.25, -0.2) is 12.7 Å². The number of hydrogen-bond donors (Lipinski definition) is 1. The smallest absolute Gasteiger partial charge is 0.242 e. The van der Waals surface area contributed by atoms with Gasteiger partial charge in [0.2, 0.25) is 21.8 Å². The highest BCUT2D eigenvalue weighted by molar-refractivity contribution is 7.89. The summed E-state index contributed by atoms with van der Waals surface area (Å²) in [4.78, 5) is 27.7. The van der Waals surface area contributed by atoms with Crippen LogP contribution in [0.4, 0.5) is 0 Å². The number of rotatable bonds is 12. The average Bonchev–Trinajstić information content (AvgIpc) is 2.80. The summed E-state index contributed by atoms with van der Waals surface area (Å²) in [6, 6.07) is 15.5. The Bertz CT molecular complexity index is 1010. The molecule has 33 heavy (non-hydrogen) atoms. The summed E-state index contributed by atoms with van der Waals surface area (Å²) >= 11 is 0. The van der Waals surface area contributed by atoms with E-state index in [4.69, 9.17) is 0 Å². The number of benzene rings is 2. The molecule has 0 aliphatic heterocycles. The van der Waals surface area contributed by atoms with Gasteiger partial charge in [-0.05, 0) is 44.4 Å². The molecule has 2 rings (SSSR count). The van der Waals surface area contributed by atoms with Gasteiger partial charge < -0.3 is 10.2 Å². The van der Waals surface area contributed by atoms with E-state index < -0.39 is 16.1 Å². The highest BCUT2D eigenvalue weighted by Gasteiger charge is 2.28. The van der Waals surface area contributed by atoms with E-state index in [1.54, 1.807) is 35.2 Å². The lowest BCUT2D eigenvalue weighted by Gasteiger charge is -2.31. The van der Waals surface area contributed by atoms with Crippen LogP contribution in [0.2, 0.25) is 0 Å². The zero-order valence-electron chi connectivity index (χ0n) is 20.0. The first-order valence-electron chi connectivity index (χ1n) is 11.3. The number of aryl methyl sites for hydroxylation is 1. The first-order chi connectivity index (χ1) is 15.7. The fourth-order valence-electron chi connectivity index (χ4n) is 3.59. The molecule has 2 aromatic carbocycles. The third kappa shape index (κ3) is 7.40. The molecule has 0 aromatic heterocycles. The zero-order chi connectivity index (χ0) is 24.4. The van der Waals surface area contributed by atoms with Crippen LogP contribution in [-0.2, 0) is 26.2 Å². The van der Waals surface area contributed by atoms with Crippen molar-refractivity contribution >= 4 is 21.8 Å². The predicted octanol–water partition coefficient (Wildman–Crippen LogP) is 3.34. The van der Waals surface area contributed by atoms with Crippen LogP contribution in [-0.4, -0.2) is 55.6 Å². The van der Waals surface area contributed by atoms with Crippen LogP contribution in [0.15, 0.2) is 59.5 Å². The molecule has 0 aliphatic carbocycles. The monoisotopic (exact) mass is 473 g/mol. The van der Waals surface area contributed by atoms with Gasteiger partial charge in [0.15, 0.2) is 0 Å². The van der Waals surface area contributed by atoms with Crippen LogP contribution in [0, 0.1) is 6.92 Å². The first-order valence-corrected chi connectivity index (χ1v) is 12.8. The van der Waals surface area contributed by atoms with Crippen LogP contribution in [0.3, 0.4) is 0 Å². The van der Waals surface area contributed by atoms with Crippen molar-refractivity contribution in [3.05, 3.63) is 65.7 Å². The molecule has 0 saturated heterocycles. The van der Waals surface area contributed by atoms with Crippen LogP contribution >= 0.6 is 0 Å². The largest absolute Gasteiger partial charge is 0.355 e. The molecule has 0 unspecified atom stereocenters. The second-order valence-electron chi connectivity index (χ2n) is 8.07. The summed E-state index contributed by atoms with van der Waals surface area (Å²) in [5.41, 5.74) is 2.07. The van der Waals surface area contributed by atoms with Crippen molar-refractivity contribution in [1.82, 2.24) is 14.5 Å². The minimum Gasteiger partial charge on any atom is -0.355 e. The third-order valence-corrected chi connectivity index (χ3v) is 7.40. The van der Waals surface area contributed by atoms with Crippen molar-refractivity contribution in [2.75, 3.05) is 20.1 Å².